The molecule has 0 spiro atoms. The van der Waals surface area contributed by atoms with E-state index in [0.717, 1.165) is 12.5 Å². The van der Waals surface area contributed by atoms with E-state index >= 15 is 0 Å². The van der Waals surface area contributed by atoms with Crippen molar-refractivity contribution in [2.24, 2.45) is 5.73 Å². The van der Waals surface area contributed by atoms with Crippen LogP contribution >= 0.6 is 0 Å². The van der Waals surface area contributed by atoms with Crippen LogP contribution in [0, 0.1) is 0 Å². The standard InChI is InChI=1S/C8H21NO2Si/c1-8(2)12(10-3,11-4)7-5-6-9/h8H,5-7,9H2,1-4H3. The van der Waals surface area contributed by atoms with Crippen molar-refractivity contribution in [3.8, 4) is 0 Å². The van der Waals surface area contributed by atoms with Crippen LogP contribution in [0.4, 0.5) is 0 Å². The van der Waals surface area contributed by atoms with Crippen molar-refractivity contribution in [1.82, 2.24) is 0 Å². The van der Waals surface area contributed by atoms with Crippen LogP contribution in [0.1, 0.15) is 20.3 Å². The third-order valence-electron chi connectivity index (χ3n) is 2.30. The second-order valence-corrected chi connectivity index (χ2v) is 7.36. The Bertz CT molecular complexity index is 116. The summed E-state index contributed by atoms with van der Waals surface area (Å²) in [5.41, 5.74) is 5.94. The van der Waals surface area contributed by atoms with E-state index in [1.165, 1.54) is 0 Å². The Morgan fingerprint density at radius 2 is 1.75 bits per heavy atom. The smallest absolute Gasteiger partial charge is 0.340 e. The second-order valence-electron chi connectivity index (χ2n) is 3.27. The van der Waals surface area contributed by atoms with Crippen LogP contribution in [0.3, 0.4) is 0 Å². The highest BCUT2D eigenvalue weighted by atomic mass is 28.4. The van der Waals surface area contributed by atoms with Crippen molar-refractivity contribution in [2.45, 2.75) is 31.9 Å². The van der Waals surface area contributed by atoms with Crippen LogP contribution in [0.15, 0.2) is 0 Å². The highest BCUT2D eigenvalue weighted by Crippen LogP contribution is 2.27. The van der Waals surface area contributed by atoms with Crippen LogP contribution < -0.4 is 5.73 Å². The maximum Gasteiger partial charge on any atom is 0.340 e. The Labute approximate surface area is 76.5 Å². The lowest BCUT2D eigenvalue weighted by Crippen LogP contribution is -2.43. The van der Waals surface area contributed by atoms with Crippen LogP contribution in [-0.2, 0) is 8.85 Å². The molecule has 0 saturated heterocycles. The van der Waals surface area contributed by atoms with Gasteiger partial charge in [-0.15, -0.1) is 0 Å². The van der Waals surface area contributed by atoms with Crippen molar-refractivity contribution in [3.63, 3.8) is 0 Å². The average molecular weight is 191 g/mol. The first-order valence-corrected chi connectivity index (χ1v) is 6.53. The van der Waals surface area contributed by atoms with Gasteiger partial charge in [-0.05, 0) is 24.6 Å². The molecular weight excluding hydrogens is 170 g/mol. The van der Waals surface area contributed by atoms with E-state index in [1.807, 2.05) is 0 Å². The van der Waals surface area contributed by atoms with Crippen LogP contribution in [-0.4, -0.2) is 29.3 Å². The van der Waals surface area contributed by atoms with Crippen LogP contribution in [0.25, 0.3) is 0 Å². The Morgan fingerprint density at radius 3 is 2.00 bits per heavy atom. The highest BCUT2D eigenvalue weighted by molar-refractivity contribution is 6.68. The fourth-order valence-electron chi connectivity index (χ4n) is 1.40. The topological polar surface area (TPSA) is 44.5 Å². The zero-order chi connectivity index (χ0) is 9.61. The molecule has 3 nitrogen and oxygen atoms in total. The first kappa shape index (κ1) is 12.1. The van der Waals surface area contributed by atoms with E-state index in [0.29, 0.717) is 12.1 Å². The molecule has 0 aliphatic rings. The van der Waals surface area contributed by atoms with Gasteiger partial charge >= 0.3 is 8.56 Å². The zero-order valence-electron chi connectivity index (χ0n) is 8.59. The number of rotatable bonds is 6. The molecule has 0 unspecified atom stereocenters. The molecule has 0 aromatic heterocycles. The summed E-state index contributed by atoms with van der Waals surface area (Å²) in [5.74, 6) is 0. The van der Waals surface area contributed by atoms with Gasteiger partial charge in [0.15, 0.2) is 0 Å². The minimum Gasteiger partial charge on any atom is -0.397 e. The minimum atomic E-state index is -1.92. The van der Waals surface area contributed by atoms with Gasteiger partial charge in [0.2, 0.25) is 0 Å². The lowest BCUT2D eigenvalue weighted by Gasteiger charge is -2.30. The molecular formula is C8H21NO2Si. The SMILES string of the molecule is CO[Si](CCCN)(OC)C(C)C. The summed E-state index contributed by atoms with van der Waals surface area (Å²) >= 11 is 0. The lowest BCUT2D eigenvalue weighted by atomic mass is 10.5. The van der Waals surface area contributed by atoms with E-state index in [9.17, 15) is 0 Å². The molecule has 0 radical (unpaired) electrons. The van der Waals surface area contributed by atoms with Gasteiger partial charge in [0.05, 0.1) is 0 Å². The molecule has 0 heterocycles. The summed E-state index contributed by atoms with van der Waals surface area (Å²) in [5, 5.41) is 0. The maximum atomic E-state index is 5.51. The van der Waals surface area contributed by atoms with E-state index in [2.05, 4.69) is 13.8 Å². The van der Waals surface area contributed by atoms with E-state index < -0.39 is 8.56 Å². The third-order valence-corrected chi connectivity index (χ3v) is 6.49. The van der Waals surface area contributed by atoms with Crippen molar-refractivity contribution < 1.29 is 8.85 Å². The largest absolute Gasteiger partial charge is 0.397 e. The van der Waals surface area contributed by atoms with Crippen molar-refractivity contribution >= 4 is 8.56 Å². The molecule has 2 N–H and O–H groups in total. The predicted molar refractivity (Wildman–Crippen MR) is 53.3 cm³/mol. The second kappa shape index (κ2) is 5.69. The Morgan fingerprint density at radius 1 is 1.25 bits per heavy atom. The molecule has 0 bridgehead atoms. The zero-order valence-corrected chi connectivity index (χ0v) is 9.59. The first-order chi connectivity index (χ1) is 5.63. The molecule has 0 fully saturated rings. The van der Waals surface area contributed by atoms with Gasteiger partial charge in [-0.25, -0.2) is 0 Å². The quantitative estimate of drug-likeness (QED) is 0.647. The first-order valence-electron chi connectivity index (χ1n) is 4.43. The van der Waals surface area contributed by atoms with Crippen LogP contribution in [0.5, 0.6) is 0 Å². The molecule has 4 heteroatoms. The molecule has 0 rings (SSSR count). The highest BCUT2D eigenvalue weighted by Gasteiger charge is 2.38. The van der Waals surface area contributed by atoms with E-state index in [4.69, 9.17) is 14.6 Å². The van der Waals surface area contributed by atoms with Gasteiger partial charge in [0.25, 0.3) is 0 Å². The monoisotopic (exact) mass is 191 g/mol. The molecule has 0 aliphatic heterocycles. The van der Waals surface area contributed by atoms with Crippen molar-refractivity contribution in [1.29, 1.82) is 0 Å². The normalized spacial score (nSPS) is 12.5. The maximum absolute atomic E-state index is 5.51. The summed E-state index contributed by atoms with van der Waals surface area (Å²) < 4.78 is 11.0. The molecule has 0 saturated carbocycles. The summed E-state index contributed by atoms with van der Waals surface area (Å²) in [4.78, 5) is 0. The fraction of sp³-hybridized carbons (Fsp3) is 1.00. The molecule has 12 heavy (non-hydrogen) atoms. The van der Waals surface area contributed by atoms with E-state index in [-0.39, 0.29) is 0 Å². The molecule has 0 aromatic carbocycles. The number of hydrogen-bond acceptors (Lipinski definition) is 3. The molecule has 0 amide bonds. The van der Waals surface area contributed by atoms with Crippen molar-refractivity contribution in [3.05, 3.63) is 0 Å². The van der Waals surface area contributed by atoms with Gasteiger partial charge in [0, 0.05) is 14.2 Å². The van der Waals surface area contributed by atoms with Gasteiger partial charge in [-0.2, -0.15) is 0 Å². The third kappa shape index (κ3) is 2.86. The molecule has 0 aliphatic carbocycles. The Kier molecular flexibility index (Phi) is 5.74. The lowest BCUT2D eigenvalue weighted by molar-refractivity contribution is 0.231. The van der Waals surface area contributed by atoms with E-state index in [1.54, 1.807) is 14.2 Å². The fourth-order valence-corrected chi connectivity index (χ4v) is 4.19. The Hall–Kier alpha value is 0.0969. The number of nitrogens with two attached hydrogens (primary N) is 1. The van der Waals surface area contributed by atoms with Crippen molar-refractivity contribution in [2.75, 3.05) is 20.8 Å². The van der Waals surface area contributed by atoms with Gasteiger partial charge in [-0.3, -0.25) is 0 Å². The summed E-state index contributed by atoms with van der Waals surface area (Å²) in [6, 6.07) is 0.994. The summed E-state index contributed by atoms with van der Waals surface area (Å²) in [6.45, 7) is 5.01. The molecule has 74 valence electrons. The Balaban J connectivity index is 4.15. The predicted octanol–water partition coefficient (Wildman–Crippen LogP) is 1.48. The minimum absolute atomic E-state index is 0.485. The molecule has 0 aromatic rings. The molecule has 0 atom stereocenters. The van der Waals surface area contributed by atoms with Gasteiger partial charge < -0.3 is 14.6 Å². The van der Waals surface area contributed by atoms with Crippen LogP contribution in [0.2, 0.25) is 11.6 Å². The summed E-state index contributed by atoms with van der Waals surface area (Å²) in [7, 11) is 1.56. The summed E-state index contributed by atoms with van der Waals surface area (Å²) in [6.07, 6.45) is 0.992. The van der Waals surface area contributed by atoms with Gasteiger partial charge in [0.1, 0.15) is 0 Å². The number of hydrogen-bond donors (Lipinski definition) is 1. The average Bonchev–Trinajstić information content (AvgIpc) is 2.07. The van der Waals surface area contributed by atoms with Gasteiger partial charge in [-0.1, -0.05) is 13.8 Å².